The minimum atomic E-state index is -3.32. The molecular weight excluding hydrogens is 250 g/mol. The van der Waals surface area contributed by atoms with Crippen molar-refractivity contribution in [3.05, 3.63) is 18.0 Å². The first kappa shape index (κ1) is 13.6. The van der Waals surface area contributed by atoms with Crippen molar-refractivity contribution in [2.24, 2.45) is 7.05 Å². The molecule has 102 valence electrons. The lowest BCUT2D eigenvalue weighted by atomic mass is 10.4. The van der Waals surface area contributed by atoms with E-state index in [1.807, 2.05) is 18.5 Å². The fourth-order valence-electron chi connectivity index (χ4n) is 1.95. The number of nitrogens with zero attached hydrogens (tertiary/aromatic N) is 2. The van der Waals surface area contributed by atoms with Gasteiger partial charge in [-0.3, -0.25) is 0 Å². The van der Waals surface area contributed by atoms with Gasteiger partial charge in [-0.1, -0.05) is 6.92 Å². The Morgan fingerprint density at radius 2 is 2.17 bits per heavy atom. The zero-order valence-electron chi connectivity index (χ0n) is 11.2. The highest BCUT2D eigenvalue weighted by atomic mass is 32.2. The first-order valence-corrected chi connectivity index (χ1v) is 7.74. The highest BCUT2D eigenvalue weighted by Crippen LogP contribution is 2.30. The summed E-state index contributed by atoms with van der Waals surface area (Å²) in [7, 11) is 0.231. The molecule has 18 heavy (non-hydrogen) atoms. The van der Waals surface area contributed by atoms with Crippen LogP contribution >= 0.6 is 0 Å². The highest BCUT2D eigenvalue weighted by molar-refractivity contribution is 7.89. The predicted molar refractivity (Wildman–Crippen MR) is 70.8 cm³/mol. The number of aryl methyl sites for hydroxylation is 1. The maximum Gasteiger partial charge on any atom is 0.244 e. The topological polar surface area (TPSA) is 54.3 Å². The van der Waals surface area contributed by atoms with E-state index in [0.29, 0.717) is 11.4 Å². The molecule has 0 atom stereocenters. The van der Waals surface area contributed by atoms with Crippen LogP contribution in [0.2, 0.25) is 0 Å². The molecule has 0 saturated heterocycles. The van der Waals surface area contributed by atoms with Crippen LogP contribution in [0.25, 0.3) is 0 Å². The van der Waals surface area contributed by atoms with Crippen LogP contribution in [0.4, 0.5) is 0 Å². The number of nitrogens with one attached hydrogen (secondary N) is 1. The molecule has 1 aromatic rings. The minimum Gasteiger partial charge on any atom is -0.352 e. The van der Waals surface area contributed by atoms with Crippen molar-refractivity contribution in [1.82, 2.24) is 14.2 Å². The van der Waals surface area contributed by atoms with Gasteiger partial charge in [-0.2, -0.15) is 4.31 Å². The molecule has 1 saturated carbocycles. The summed E-state index contributed by atoms with van der Waals surface area (Å²) in [5.74, 6) is 0. The average molecular weight is 271 g/mol. The Balaban J connectivity index is 2.22. The first-order valence-electron chi connectivity index (χ1n) is 6.30. The Kier molecular flexibility index (Phi) is 3.79. The average Bonchev–Trinajstić information content (AvgIpc) is 3.10. The molecule has 1 fully saturated rings. The van der Waals surface area contributed by atoms with Crippen LogP contribution in [-0.4, -0.2) is 36.9 Å². The monoisotopic (exact) mass is 271 g/mol. The Bertz CT molecular complexity index is 517. The van der Waals surface area contributed by atoms with Crippen molar-refractivity contribution in [2.45, 2.75) is 37.2 Å². The summed E-state index contributed by atoms with van der Waals surface area (Å²) < 4.78 is 28.1. The van der Waals surface area contributed by atoms with Crippen molar-refractivity contribution in [1.29, 1.82) is 0 Å². The van der Waals surface area contributed by atoms with Gasteiger partial charge in [0.1, 0.15) is 4.90 Å². The van der Waals surface area contributed by atoms with Gasteiger partial charge in [0.05, 0.1) is 0 Å². The van der Waals surface area contributed by atoms with E-state index in [9.17, 15) is 8.42 Å². The van der Waals surface area contributed by atoms with Gasteiger partial charge in [-0.05, 0) is 25.5 Å². The van der Waals surface area contributed by atoms with Gasteiger partial charge in [0, 0.05) is 38.6 Å². The summed E-state index contributed by atoms with van der Waals surface area (Å²) in [6.07, 6.45) is 3.65. The summed E-state index contributed by atoms with van der Waals surface area (Å²) in [6.45, 7) is 3.59. The highest BCUT2D eigenvalue weighted by Gasteiger charge is 2.35. The smallest absolute Gasteiger partial charge is 0.244 e. The van der Waals surface area contributed by atoms with Gasteiger partial charge >= 0.3 is 0 Å². The SMILES string of the molecule is CCNCc1cc(S(=O)(=O)N(C)C2CC2)cn1C. The van der Waals surface area contributed by atoms with Gasteiger partial charge < -0.3 is 9.88 Å². The van der Waals surface area contributed by atoms with Crippen molar-refractivity contribution >= 4 is 10.0 Å². The van der Waals surface area contributed by atoms with E-state index in [0.717, 1.165) is 25.1 Å². The van der Waals surface area contributed by atoms with E-state index in [1.165, 1.54) is 4.31 Å². The van der Waals surface area contributed by atoms with Gasteiger partial charge in [0.2, 0.25) is 10.0 Å². The van der Waals surface area contributed by atoms with Crippen molar-refractivity contribution < 1.29 is 8.42 Å². The number of sulfonamides is 1. The third-order valence-corrected chi connectivity index (χ3v) is 5.25. The molecule has 5 nitrogen and oxygen atoms in total. The molecule has 0 bridgehead atoms. The molecular formula is C12H21N3O2S. The lowest BCUT2D eigenvalue weighted by Crippen LogP contribution is -2.28. The zero-order valence-corrected chi connectivity index (χ0v) is 12.0. The standard InChI is InChI=1S/C12H21N3O2S/c1-4-13-8-11-7-12(9-14(11)2)18(16,17)15(3)10-5-6-10/h7,9-10,13H,4-6,8H2,1-3H3. The van der Waals surface area contributed by atoms with E-state index in [4.69, 9.17) is 0 Å². The van der Waals surface area contributed by atoms with Gasteiger partial charge in [-0.25, -0.2) is 8.42 Å². The molecule has 0 unspecified atom stereocenters. The van der Waals surface area contributed by atoms with Crippen LogP contribution in [-0.2, 0) is 23.6 Å². The van der Waals surface area contributed by atoms with E-state index in [2.05, 4.69) is 5.32 Å². The molecule has 2 rings (SSSR count). The van der Waals surface area contributed by atoms with Gasteiger partial charge in [0.15, 0.2) is 0 Å². The fourth-order valence-corrected chi connectivity index (χ4v) is 3.46. The Hall–Kier alpha value is -0.850. The summed E-state index contributed by atoms with van der Waals surface area (Å²) in [5.41, 5.74) is 0.986. The maximum atomic E-state index is 12.3. The summed E-state index contributed by atoms with van der Waals surface area (Å²) in [4.78, 5) is 0.396. The number of rotatable bonds is 6. The molecule has 1 heterocycles. The van der Waals surface area contributed by atoms with Crippen LogP contribution in [0.5, 0.6) is 0 Å². The second-order valence-electron chi connectivity index (χ2n) is 4.81. The maximum absolute atomic E-state index is 12.3. The number of hydrogen-bond donors (Lipinski definition) is 1. The molecule has 0 aromatic carbocycles. The molecule has 1 N–H and O–H groups in total. The van der Waals surface area contributed by atoms with E-state index >= 15 is 0 Å². The second-order valence-corrected chi connectivity index (χ2v) is 6.81. The summed E-state index contributed by atoms with van der Waals surface area (Å²) in [6, 6.07) is 1.96. The quantitative estimate of drug-likeness (QED) is 0.837. The normalized spacial score (nSPS) is 16.4. The third-order valence-electron chi connectivity index (χ3n) is 3.38. The first-order chi connectivity index (χ1) is 8.46. The van der Waals surface area contributed by atoms with Crippen LogP contribution in [0.1, 0.15) is 25.5 Å². The largest absolute Gasteiger partial charge is 0.352 e. The molecule has 0 radical (unpaired) electrons. The lowest BCUT2D eigenvalue weighted by molar-refractivity contribution is 0.464. The minimum absolute atomic E-state index is 0.201. The zero-order chi connectivity index (χ0) is 13.3. The van der Waals surface area contributed by atoms with Crippen molar-refractivity contribution in [2.75, 3.05) is 13.6 Å². The van der Waals surface area contributed by atoms with E-state index in [1.54, 1.807) is 19.3 Å². The van der Waals surface area contributed by atoms with Crippen LogP contribution < -0.4 is 5.32 Å². The summed E-state index contributed by atoms with van der Waals surface area (Å²) in [5, 5.41) is 3.21. The molecule has 6 heteroatoms. The molecule has 0 aliphatic heterocycles. The molecule has 1 aliphatic rings. The van der Waals surface area contributed by atoms with Crippen molar-refractivity contribution in [3.8, 4) is 0 Å². The van der Waals surface area contributed by atoms with Gasteiger partial charge in [-0.15, -0.1) is 0 Å². The van der Waals surface area contributed by atoms with E-state index in [-0.39, 0.29) is 6.04 Å². The fraction of sp³-hybridized carbons (Fsp3) is 0.667. The molecule has 1 aliphatic carbocycles. The Labute approximate surface area is 109 Å². The van der Waals surface area contributed by atoms with E-state index < -0.39 is 10.0 Å². The molecule has 0 amide bonds. The Morgan fingerprint density at radius 1 is 1.50 bits per heavy atom. The molecule has 1 aromatic heterocycles. The van der Waals surface area contributed by atoms with Crippen molar-refractivity contribution in [3.63, 3.8) is 0 Å². The summed E-state index contributed by atoms with van der Waals surface area (Å²) >= 11 is 0. The number of aromatic nitrogens is 1. The third kappa shape index (κ3) is 2.60. The van der Waals surface area contributed by atoms with Crippen LogP contribution in [0.3, 0.4) is 0 Å². The predicted octanol–water partition coefficient (Wildman–Crippen LogP) is 0.917. The Morgan fingerprint density at radius 3 is 2.72 bits per heavy atom. The second kappa shape index (κ2) is 5.03. The lowest BCUT2D eigenvalue weighted by Gasteiger charge is -2.14. The van der Waals surface area contributed by atoms with Crippen LogP contribution in [0, 0.1) is 0 Å². The number of hydrogen-bond acceptors (Lipinski definition) is 3. The molecule has 0 spiro atoms. The van der Waals surface area contributed by atoms with Gasteiger partial charge in [0.25, 0.3) is 0 Å². The van der Waals surface area contributed by atoms with Crippen LogP contribution in [0.15, 0.2) is 17.2 Å².